The lowest BCUT2D eigenvalue weighted by Gasteiger charge is -2.38. The number of ether oxygens (including phenoxy) is 1. The molecule has 31 heavy (non-hydrogen) atoms. The van der Waals surface area contributed by atoms with Gasteiger partial charge < -0.3 is 9.64 Å². The fraction of sp³-hybridized carbons (Fsp3) is 0.304. The zero-order valence-corrected chi connectivity index (χ0v) is 17.4. The summed E-state index contributed by atoms with van der Waals surface area (Å²) in [5.74, 6) is 0.191. The average molecular weight is 438 g/mol. The Morgan fingerprint density at radius 3 is 2.94 bits per heavy atom. The minimum absolute atomic E-state index is 0.00153. The number of hydrogen-bond acceptors (Lipinski definition) is 5. The summed E-state index contributed by atoms with van der Waals surface area (Å²) >= 11 is 6.00. The van der Waals surface area contributed by atoms with Gasteiger partial charge in [0.05, 0.1) is 5.56 Å². The summed E-state index contributed by atoms with van der Waals surface area (Å²) in [5.41, 5.74) is 0.661. The Labute approximate surface area is 183 Å². The first kappa shape index (κ1) is 19.8. The van der Waals surface area contributed by atoms with Crippen LogP contribution in [0.25, 0.3) is 5.65 Å². The van der Waals surface area contributed by atoms with Crippen LogP contribution in [0.4, 0.5) is 0 Å². The molecule has 1 fully saturated rings. The average Bonchev–Trinajstić information content (AvgIpc) is 2.79. The number of Topliss-reactive ketones (excluding diaryl/α,β-unsaturated/α-hetero) is 1. The van der Waals surface area contributed by atoms with Crippen LogP contribution in [-0.2, 0) is 0 Å². The van der Waals surface area contributed by atoms with Crippen molar-refractivity contribution in [2.45, 2.75) is 25.4 Å². The van der Waals surface area contributed by atoms with Crippen LogP contribution in [0.2, 0.25) is 5.02 Å². The minimum Gasteiger partial charge on any atom is -0.489 e. The molecule has 7 nitrogen and oxygen atoms in total. The largest absolute Gasteiger partial charge is 0.489 e. The summed E-state index contributed by atoms with van der Waals surface area (Å²) in [7, 11) is 0. The molecule has 0 spiro atoms. The lowest BCUT2D eigenvalue weighted by Crippen LogP contribution is -2.47. The first-order valence-corrected chi connectivity index (χ1v) is 10.6. The van der Waals surface area contributed by atoms with Crippen LogP contribution in [0, 0.1) is 5.92 Å². The fourth-order valence-corrected chi connectivity index (χ4v) is 4.60. The number of benzene rings is 1. The van der Waals surface area contributed by atoms with Gasteiger partial charge in [-0.15, -0.1) is 0 Å². The molecular formula is C23H20ClN3O4. The zero-order chi connectivity index (χ0) is 21.5. The van der Waals surface area contributed by atoms with Crippen molar-refractivity contribution in [1.29, 1.82) is 0 Å². The van der Waals surface area contributed by atoms with Crippen molar-refractivity contribution in [2.24, 2.45) is 5.92 Å². The molecule has 2 aromatic heterocycles. The number of aromatic nitrogens is 2. The molecule has 2 aliphatic heterocycles. The number of amides is 1. The third kappa shape index (κ3) is 3.59. The standard InChI is InChI=1S/C23H20ClN3O4/c24-15-6-7-19-16(10-15)18(28)11-20(31-19)14-4-3-8-26(13-14)22(29)17-12-25-21-5-1-2-9-27(21)23(17)30/h1-2,5-7,9-10,12,14,20H,3-4,8,11,13H2/t14-,20+/m1/s1. The molecule has 8 heteroatoms. The molecule has 2 atom stereocenters. The van der Waals surface area contributed by atoms with E-state index in [0.29, 0.717) is 35.1 Å². The van der Waals surface area contributed by atoms with Crippen LogP contribution in [-0.4, -0.2) is 45.2 Å². The number of halogens is 1. The SMILES string of the molecule is O=C1C[C@@H]([C@@H]2CCCN(C(=O)c3cnc4ccccn4c3=O)C2)Oc2ccc(Cl)cc21. The van der Waals surface area contributed by atoms with Crippen molar-refractivity contribution in [3.8, 4) is 5.75 Å². The lowest BCUT2D eigenvalue weighted by atomic mass is 9.86. The third-order valence-corrected chi connectivity index (χ3v) is 6.26. The van der Waals surface area contributed by atoms with Crippen LogP contribution < -0.4 is 10.3 Å². The van der Waals surface area contributed by atoms with Gasteiger partial charge in [0.1, 0.15) is 23.1 Å². The van der Waals surface area contributed by atoms with E-state index in [9.17, 15) is 14.4 Å². The zero-order valence-electron chi connectivity index (χ0n) is 16.7. The second kappa shape index (κ2) is 7.81. The van der Waals surface area contributed by atoms with Crippen LogP contribution in [0.15, 0.2) is 53.6 Å². The summed E-state index contributed by atoms with van der Waals surface area (Å²) in [6.45, 7) is 0.982. The Balaban J connectivity index is 1.37. The summed E-state index contributed by atoms with van der Waals surface area (Å²) in [4.78, 5) is 44.5. The van der Waals surface area contributed by atoms with E-state index in [4.69, 9.17) is 16.3 Å². The second-order valence-corrected chi connectivity index (χ2v) is 8.42. The maximum absolute atomic E-state index is 13.1. The van der Waals surface area contributed by atoms with Crippen LogP contribution in [0.5, 0.6) is 5.75 Å². The molecule has 0 radical (unpaired) electrons. The van der Waals surface area contributed by atoms with Crippen LogP contribution in [0.1, 0.15) is 40.0 Å². The Morgan fingerprint density at radius 2 is 2.06 bits per heavy atom. The van der Waals surface area contributed by atoms with Gasteiger partial charge in [0.2, 0.25) is 0 Å². The Hall–Kier alpha value is -3.19. The van der Waals surface area contributed by atoms with Crippen molar-refractivity contribution >= 4 is 28.9 Å². The summed E-state index contributed by atoms with van der Waals surface area (Å²) < 4.78 is 7.49. The first-order valence-electron chi connectivity index (χ1n) is 10.3. The van der Waals surface area contributed by atoms with E-state index in [1.54, 1.807) is 47.5 Å². The molecule has 2 aliphatic rings. The quantitative estimate of drug-likeness (QED) is 0.614. The van der Waals surface area contributed by atoms with E-state index in [-0.39, 0.29) is 41.3 Å². The number of carbonyl (C=O) groups is 2. The lowest BCUT2D eigenvalue weighted by molar-refractivity contribution is 0.0408. The number of fused-ring (bicyclic) bond motifs is 2. The number of pyridine rings is 1. The van der Waals surface area contributed by atoms with Crippen molar-refractivity contribution in [2.75, 3.05) is 13.1 Å². The molecule has 0 aliphatic carbocycles. The number of hydrogen-bond donors (Lipinski definition) is 0. The topological polar surface area (TPSA) is 81.0 Å². The number of piperidine rings is 1. The van der Waals surface area contributed by atoms with E-state index in [2.05, 4.69) is 4.98 Å². The third-order valence-electron chi connectivity index (χ3n) is 6.02. The van der Waals surface area contributed by atoms with Gasteiger partial charge in [0, 0.05) is 42.8 Å². The first-order chi connectivity index (χ1) is 15.0. The highest BCUT2D eigenvalue weighted by Gasteiger charge is 2.36. The number of likely N-dealkylation sites (tertiary alicyclic amines) is 1. The van der Waals surface area contributed by atoms with E-state index in [0.717, 1.165) is 12.8 Å². The number of carbonyl (C=O) groups excluding carboxylic acids is 2. The van der Waals surface area contributed by atoms with Gasteiger partial charge in [-0.05, 0) is 43.2 Å². The number of rotatable bonds is 2. The number of nitrogens with zero attached hydrogens (tertiary/aromatic N) is 3. The molecule has 4 heterocycles. The normalized spacial score (nSPS) is 20.9. The predicted octanol–water partition coefficient (Wildman–Crippen LogP) is 3.23. The molecule has 3 aromatic rings. The molecule has 158 valence electrons. The summed E-state index contributed by atoms with van der Waals surface area (Å²) in [6, 6.07) is 10.3. The highest BCUT2D eigenvalue weighted by atomic mass is 35.5. The maximum atomic E-state index is 13.1. The van der Waals surface area contributed by atoms with Crippen molar-refractivity contribution in [1.82, 2.24) is 14.3 Å². The highest BCUT2D eigenvalue weighted by Crippen LogP contribution is 2.34. The van der Waals surface area contributed by atoms with Crippen molar-refractivity contribution < 1.29 is 14.3 Å². The van der Waals surface area contributed by atoms with Crippen LogP contribution >= 0.6 is 11.6 Å². The Kier molecular flexibility index (Phi) is 4.98. The summed E-state index contributed by atoms with van der Waals surface area (Å²) in [5, 5.41) is 0.499. The molecule has 0 saturated carbocycles. The minimum atomic E-state index is -0.382. The molecule has 0 bridgehead atoms. The number of ketones is 1. The summed E-state index contributed by atoms with van der Waals surface area (Å²) in [6.07, 6.45) is 4.52. The second-order valence-electron chi connectivity index (χ2n) is 7.98. The monoisotopic (exact) mass is 437 g/mol. The predicted molar refractivity (Wildman–Crippen MR) is 115 cm³/mol. The molecule has 1 aromatic carbocycles. The van der Waals surface area contributed by atoms with E-state index >= 15 is 0 Å². The van der Waals surface area contributed by atoms with Gasteiger partial charge in [-0.3, -0.25) is 18.8 Å². The molecule has 1 amide bonds. The van der Waals surface area contributed by atoms with Gasteiger partial charge >= 0.3 is 0 Å². The van der Waals surface area contributed by atoms with E-state index in [1.807, 2.05) is 0 Å². The molecule has 1 saturated heterocycles. The van der Waals surface area contributed by atoms with Gasteiger partial charge in [0.25, 0.3) is 11.5 Å². The Morgan fingerprint density at radius 1 is 1.19 bits per heavy atom. The van der Waals surface area contributed by atoms with Gasteiger partial charge in [-0.2, -0.15) is 0 Å². The van der Waals surface area contributed by atoms with Gasteiger partial charge in [0.15, 0.2) is 5.78 Å². The van der Waals surface area contributed by atoms with Gasteiger partial charge in [-0.25, -0.2) is 4.98 Å². The van der Waals surface area contributed by atoms with Crippen molar-refractivity contribution in [3.63, 3.8) is 0 Å². The van der Waals surface area contributed by atoms with E-state index in [1.165, 1.54) is 10.6 Å². The maximum Gasteiger partial charge on any atom is 0.270 e. The van der Waals surface area contributed by atoms with E-state index < -0.39 is 0 Å². The molecule has 0 unspecified atom stereocenters. The fourth-order valence-electron chi connectivity index (χ4n) is 4.42. The van der Waals surface area contributed by atoms with Crippen molar-refractivity contribution in [3.05, 3.63) is 75.3 Å². The molecular weight excluding hydrogens is 418 g/mol. The molecule has 0 N–H and O–H groups in total. The van der Waals surface area contributed by atoms with Crippen LogP contribution in [0.3, 0.4) is 0 Å². The highest BCUT2D eigenvalue weighted by molar-refractivity contribution is 6.31. The van der Waals surface area contributed by atoms with Gasteiger partial charge in [-0.1, -0.05) is 17.7 Å². The Bertz CT molecular complexity index is 1260. The smallest absolute Gasteiger partial charge is 0.270 e. The molecule has 5 rings (SSSR count).